The molecule has 0 spiro atoms. The highest BCUT2D eigenvalue weighted by Crippen LogP contribution is 2.25. The van der Waals surface area contributed by atoms with Crippen molar-refractivity contribution in [2.75, 3.05) is 13.2 Å². The number of benzene rings is 1. The van der Waals surface area contributed by atoms with Crippen LogP contribution in [-0.4, -0.2) is 36.0 Å². The molecule has 1 aromatic carbocycles. The topological polar surface area (TPSA) is 72.6 Å². The average Bonchev–Trinajstić information content (AvgIpc) is 2.57. The number of nitrogens with two attached hydrogens (primary N) is 1. The van der Waals surface area contributed by atoms with Crippen molar-refractivity contribution in [3.8, 4) is 0 Å². The van der Waals surface area contributed by atoms with Crippen LogP contribution < -0.4 is 5.73 Å². The summed E-state index contributed by atoms with van der Waals surface area (Å²) >= 11 is 0. The van der Waals surface area contributed by atoms with Gasteiger partial charge in [0.1, 0.15) is 6.61 Å². The molecule has 2 N–H and O–H groups in total. The minimum absolute atomic E-state index is 0.0724. The Balaban J connectivity index is 1.89. The first kappa shape index (κ1) is 18.5. The molecule has 0 aliphatic heterocycles. The van der Waals surface area contributed by atoms with E-state index in [2.05, 4.69) is 6.92 Å². The molecule has 1 aromatic rings. The van der Waals surface area contributed by atoms with Crippen molar-refractivity contribution in [2.24, 2.45) is 11.7 Å². The first-order valence-electron chi connectivity index (χ1n) is 8.76. The van der Waals surface area contributed by atoms with Crippen molar-refractivity contribution in [2.45, 2.75) is 51.7 Å². The molecule has 5 nitrogen and oxygen atoms in total. The molecule has 0 aromatic heterocycles. The van der Waals surface area contributed by atoms with E-state index in [9.17, 15) is 9.59 Å². The quantitative estimate of drug-likeness (QED) is 0.795. The van der Waals surface area contributed by atoms with E-state index in [0.717, 1.165) is 24.8 Å². The molecule has 2 rings (SSSR count). The third kappa shape index (κ3) is 6.32. The zero-order valence-corrected chi connectivity index (χ0v) is 14.4. The van der Waals surface area contributed by atoms with Gasteiger partial charge in [-0.2, -0.15) is 0 Å². The van der Waals surface area contributed by atoms with Gasteiger partial charge in [-0.3, -0.25) is 9.59 Å². The lowest BCUT2D eigenvalue weighted by Gasteiger charge is -2.28. The molecule has 24 heavy (non-hydrogen) atoms. The predicted octanol–water partition coefficient (Wildman–Crippen LogP) is 2.49. The van der Waals surface area contributed by atoms with Crippen LogP contribution in [0, 0.1) is 5.92 Å². The molecular weight excluding hydrogens is 304 g/mol. The second-order valence-electron chi connectivity index (χ2n) is 6.72. The van der Waals surface area contributed by atoms with Gasteiger partial charge in [-0.25, -0.2) is 0 Å². The Morgan fingerprint density at radius 1 is 1.25 bits per heavy atom. The molecule has 0 heterocycles. The minimum atomic E-state index is -0.400. The molecule has 2 atom stereocenters. The maximum atomic E-state index is 12.5. The average molecular weight is 332 g/mol. The molecule has 1 aliphatic carbocycles. The summed E-state index contributed by atoms with van der Waals surface area (Å²) in [5, 5.41) is 0. The third-order valence-corrected chi connectivity index (χ3v) is 4.53. The van der Waals surface area contributed by atoms with Gasteiger partial charge in [0.25, 0.3) is 0 Å². The fraction of sp³-hybridized carbons (Fsp3) is 0.579. The number of nitrogens with zero attached hydrogens (tertiary/aromatic N) is 1. The Bertz CT molecular complexity index is 533. The van der Waals surface area contributed by atoms with Gasteiger partial charge in [0.15, 0.2) is 0 Å². The lowest BCUT2D eigenvalue weighted by Crippen LogP contribution is -2.37. The van der Waals surface area contributed by atoms with Gasteiger partial charge >= 0.3 is 0 Å². The van der Waals surface area contributed by atoms with E-state index in [1.54, 1.807) is 4.90 Å². The van der Waals surface area contributed by atoms with Crippen LogP contribution in [0.15, 0.2) is 30.3 Å². The Labute approximate surface area is 144 Å². The van der Waals surface area contributed by atoms with Crippen LogP contribution in [0.2, 0.25) is 0 Å². The van der Waals surface area contributed by atoms with Gasteiger partial charge in [-0.05, 0) is 24.3 Å². The summed E-state index contributed by atoms with van der Waals surface area (Å²) in [5.74, 6) is 0.176. The zero-order valence-electron chi connectivity index (χ0n) is 14.4. The zero-order chi connectivity index (χ0) is 17.4. The van der Waals surface area contributed by atoms with Crippen LogP contribution in [0.25, 0.3) is 0 Å². The first-order chi connectivity index (χ1) is 11.5. The van der Waals surface area contributed by atoms with Gasteiger partial charge in [0.05, 0.1) is 6.10 Å². The first-order valence-corrected chi connectivity index (χ1v) is 8.76. The molecule has 2 amide bonds. The Morgan fingerprint density at radius 2 is 2.00 bits per heavy atom. The summed E-state index contributed by atoms with van der Waals surface area (Å²) in [4.78, 5) is 25.3. The molecular formula is C19H28N2O3. The molecule has 132 valence electrons. The van der Waals surface area contributed by atoms with Crippen molar-refractivity contribution in [3.05, 3.63) is 35.9 Å². The van der Waals surface area contributed by atoms with E-state index in [4.69, 9.17) is 10.5 Å². The monoisotopic (exact) mass is 332 g/mol. The highest BCUT2D eigenvalue weighted by atomic mass is 16.5. The molecule has 1 fully saturated rings. The van der Waals surface area contributed by atoms with E-state index < -0.39 is 5.91 Å². The Morgan fingerprint density at radius 3 is 2.67 bits per heavy atom. The van der Waals surface area contributed by atoms with E-state index in [1.807, 2.05) is 30.3 Å². The maximum Gasteiger partial charge on any atom is 0.248 e. The Kier molecular flexibility index (Phi) is 7.25. The fourth-order valence-electron chi connectivity index (χ4n) is 3.15. The van der Waals surface area contributed by atoms with Crippen LogP contribution in [0.1, 0.15) is 44.6 Å². The van der Waals surface area contributed by atoms with Crippen LogP contribution >= 0.6 is 0 Å². The lowest BCUT2D eigenvalue weighted by atomic mass is 9.89. The van der Waals surface area contributed by atoms with Crippen LogP contribution in [-0.2, 0) is 20.9 Å². The van der Waals surface area contributed by atoms with E-state index >= 15 is 0 Å². The number of ether oxygens (including phenoxy) is 1. The van der Waals surface area contributed by atoms with E-state index in [0.29, 0.717) is 19.0 Å². The second-order valence-corrected chi connectivity index (χ2v) is 6.72. The largest absolute Gasteiger partial charge is 0.370 e. The normalized spacial score (nSPS) is 20.5. The van der Waals surface area contributed by atoms with Crippen molar-refractivity contribution in [1.29, 1.82) is 0 Å². The third-order valence-electron chi connectivity index (χ3n) is 4.53. The lowest BCUT2D eigenvalue weighted by molar-refractivity contribution is -0.140. The fourth-order valence-corrected chi connectivity index (χ4v) is 3.15. The minimum Gasteiger partial charge on any atom is -0.370 e. The number of rotatable bonds is 8. The summed E-state index contributed by atoms with van der Waals surface area (Å²) in [7, 11) is 0. The molecule has 1 saturated carbocycles. The smallest absolute Gasteiger partial charge is 0.248 e. The summed E-state index contributed by atoms with van der Waals surface area (Å²) in [6, 6.07) is 9.74. The SMILES string of the molecule is CC1CCCC(OCC(=O)N(CCC(N)=O)Cc2ccccc2)C1. The van der Waals surface area contributed by atoms with Gasteiger partial charge in [-0.15, -0.1) is 0 Å². The highest BCUT2D eigenvalue weighted by Gasteiger charge is 2.22. The second kappa shape index (κ2) is 9.42. The molecule has 0 radical (unpaired) electrons. The van der Waals surface area contributed by atoms with Crippen molar-refractivity contribution >= 4 is 11.8 Å². The van der Waals surface area contributed by atoms with Crippen LogP contribution in [0.4, 0.5) is 0 Å². The number of hydrogen-bond donors (Lipinski definition) is 1. The van der Waals surface area contributed by atoms with Crippen LogP contribution in [0.5, 0.6) is 0 Å². The summed E-state index contributed by atoms with van der Waals surface area (Å²) in [5.41, 5.74) is 6.26. The summed E-state index contributed by atoms with van der Waals surface area (Å²) in [6.45, 7) is 3.10. The van der Waals surface area contributed by atoms with Gasteiger partial charge in [0.2, 0.25) is 11.8 Å². The van der Waals surface area contributed by atoms with Gasteiger partial charge in [-0.1, -0.05) is 50.1 Å². The number of primary amides is 1. The Hall–Kier alpha value is -1.88. The van der Waals surface area contributed by atoms with Crippen molar-refractivity contribution in [1.82, 2.24) is 4.90 Å². The number of amides is 2. The van der Waals surface area contributed by atoms with Crippen LogP contribution in [0.3, 0.4) is 0 Å². The standard InChI is InChI=1S/C19H28N2O3/c1-15-6-5-9-17(12-15)24-14-19(23)21(11-10-18(20)22)13-16-7-3-2-4-8-16/h2-4,7-8,15,17H,5-6,9-14H2,1H3,(H2,20,22). The summed E-state index contributed by atoms with van der Waals surface area (Å²) in [6.07, 6.45) is 4.79. The van der Waals surface area contributed by atoms with Gasteiger partial charge < -0.3 is 15.4 Å². The number of carbonyl (C=O) groups excluding carboxylic acids is 2. The number of carbonyl (C=O) groups is 2. The molecule has 0 bridgehead atoms. The van der Waals surface area contributed by atoms with Gasteiger partial charge in [0, 0.05) is 19.5 Å². The molecule has 0 saturated heterocycles. The summed E-state index contributed by atoms with van der Waals surface area (Å²) < 4.78 is 5.83. The van der Waals surface area contributed by atoms with Crippen molar-refractivity contribution in [3.63, 3.8) is 0 Å². The van der Waals surface area contributed by atoms with E-state index in [-0.39, 0.29) is 25.0 Å². The molecule has 2 unspecified atom stereocenters. The molecule has 1 aliphatic rings. The predicted molar refractivity (Wildman–Crippen MR) is 93.0 cm³/mol. The highest BCUT2D eigenvalue weighted by molar-refractivity contribution is 5.79. The maximum absolute atomic E-state index is 12.5. The number of hydrogen-bond acceptors (Lipinski definition) is 3. The van der Waals surface area contributed by atoms with Crippen molar-refractivity contribution < 1.29 is 14.3 Å². The molecule has 5 heteroatoms. The van der Waals surface area contributed by atoms with E-state index in [1.165, 1.54) is 6.42 Å².